The minimum absolute atomic E-state index is 0.121. The van der Waals surface area contributed by atoms with Crippen LogP contribution in [0.3, 0.4) is 0 Å². The van der Waals surface area contributed by atoms with Crippen molar-refractivity contribution in [2.24, 2.45) is 0 Å². The van der Waals surface area contributed by atoms with Crippen molar-refractivity contribution in [1.82, 2.24) is 5.32 Å². The van der Waals surface area contributed by atoms with Crippen molar-refractivity contribution >= 4 is 23.0 Å². The molecule has 23 heavy (non-hydrogen) atoms. The Morgan fingerprint density at radius 3 is 2.00 bits per heavy atom. The number of nitrogens with one attached hydrogen (secondary N) is 2. The first-order valence-corrected chi connectivity index (χ1v) is 8.22. The molecule has 0 aliphatic carbocycles. The van der Waals surface area contributed by atoms with E-state index >= 15 is 0 Å². The van der Waals surface area contributed by atoms with E-state index in [1.54, 1.807) is 7.11 Å². The lowest BCUT2D eigenvalue weighted by Crippen LogP contribution is -2.30. The van der Waals surface area contributed by atoms with E-state index in [2.05, 4.69) is 55.7 Å². The zero-order chi connectivity index (χ0) is 16.8. The second-order valence-corrected chi connectivity index (χ2v) is 6.28. The summed E-state index contributed by atoms with van der Waals surface area (Å²) in [6, 6.07) is 16.5. The Bertz CT molecular complexity index is 635. The van der Waals surface area contributed by atoms with Crippen molar-refractivity contribution in [3.05, 3.63) is 59.7 Å². The molecular weight excluding hydrogens is 304 g/mol. The van der Waals surface area contributed by atoms with Crippen LogP contribution in [0.4, 0.5) is 5.69 Å². The van der Waals surface area contributed by atoms with Gasteiger partial charge in [-0.05, 0) is 60.5 Å². The summed E-state index contributed by atoms with van der Waals surface area (Å²) < 4.78 is 5.18. The average Bonchev–Trinajstić information content (AvgIpc) is 2.55. The quantitative estimate of drug-likeness (QED) is 0.768. The largest absolute Gasteiger partial charge is 0.497 e. The van der Waals surface area contributed by atoms with Crippen molar-refractivity contribution in [3.8, 4) is 5.75 Å². The maximum Gasteiger partial charge on any atom is 0.171 e. The highest BCUT2D eigenvalue weighted by Crippen LogP contribution is 2.19. The van der Waals surface area contributed by atoms with Crippen molar-refractivity contribution in [3.63, 3.8) is 0 Å². The molecule has 0 bridgehead atoms. The van der Waals surface area contributed by atoms with Crippen LogP contribution in [-0.4, -0.2) is 12.2 Å². The zero-order valence-electron chi connectivity index (χ0n) is 14.1. The smallest absolute Gasteiger partial charge is 0.171 e. The van der Waals surface area contributed by atoms with E-state index in [0.29, 0.717) is 11.0 Å². The van der Waals surface area contributed by atoms with Gasteiger partial charge in [0, 0.05) is 5.69 Å². The molecule has 1 unspecified atom stereocenters. The van der Waals surface area contributed by atoms with Gasteiger partial charge in [-0.15, -0.1) is 0 Å². The lowest BCUT2D eigenvalue weighted by molar-refractivity contribution is 0.414. The molecule has 0 fully saturated rings. The third-order valence-corrected chi connectivity index (χ3v) is 4.02. The minimum Gasteiger partial charge on any atom is -0.497 e. The lowest BCUT2D eigenvalue weighted by Gasteiger charge is -2.18. The molecule has 2 N–H and O–H groups in total. The molecule has 0 saturated heterocycles. The molecule has 2 aromatic rings. The first-order chi connectivity index (χ1) is 11.0. The molecule has 4 heteroatoms. The van der Waals surface area contributed by atoms with E-state index in [1.807, 2.05) is 24.3 Å². The summed E-state index contributed by atoms with van der Waals surface area (Å²) in [5.74, 6) is 1.39. The maximum atomic E-state index is 5.40. The van der Waals surface area contributed by atoms with Crippen molar-refractivity contribution in [2.75, 3.05) is 12.4 Å². The van der Waals surface area contributed by atoms with Gasteiger partial charge < -0.3 is 15.4 Å². The van der Waals surface area contributed by atoms with Gasteiger partial charge >= 0.3 is 0 Å². The number of hydrogen-bond acceptors (Lipinski definition) is 2. The number of hydrogen-bond donors (Lipinski definition) is 2. The Morgan fingerprint density at radius 1 is 0.913 bits per heavy atom. The van der Waals surface area contributed by atoms with Gasteiger partial charge in [-0.1, -0.05) is 38.1 Å². The zero-order valence-corrected chi connectivity index (χ0v) is 14.9. The summed E-state index contributed by atoms with van der Waals surface area (Å²) in [6.07, 6.45) is 0. The predicted octanol–water partition coefficient (Wildman–Crippen LogP) is 4.87. The summed E-state index contributed by atoms with van der Waals surface area (Å²) >= 11 is 5.40. The summed E-state index contributed by atoms with van der Waals surface area (Å²) in [4.78, 5) is 0. The van der Waals surface area contributed by atoms with Crippen LogP contribution in [0, 0.1) is 0 Å². The van der Waals surface area contributed by atoms with Gasteiger partial charge in [-0.3, -0.25) is 0 Å². The van der Waals surface area contributed by atoms with E-state index in [-0.39, 0.29) is 6.04 Å². The van der Waals surface area contributed by atoms with Crippen LogP contribution in [0.25, 0.3) is 0 Å². The van der Waals surface area contributed by atoms with E-state index in [9.17, 15) is 0 Å². The van der Waals surface area contributed by atoms with Crippen molar-refractivity contribution < 1.29 is 4.74 Å². The number of thiocarbonyl (C=S) groups is 1. The lowest BCUT2D eigenvalue weighted by atomic mass is 10.0. The van der Waals surface area contributed by atoms with E-state index < -0.39 is 0 Å². The summed E-state index contributed by atoms with van der Waals surface area (Å²) in [7, 11) is 1.67. The van der Waals surface area contributed by atoms with Crippen LogP contribution in [0.15, 0.2) is 48.5 Å². The highest BCUT2D eigenvalue weighted by molar-refractivity contribution is 7.80. The van der Waals surface area contributed by atoms with E-state index in [1.165, 1.54) is 5.56 Å². The summed E-state index contributed by atoms with van der Waals surface area (Å²) in [5, 5.41) is 7.14. The molecule has 0 aromatic heterocycles. The van der Waals surface area contributed by atoms with Crippen molar-refractivity contribution in [1.29, 1.82) is 0 Å². The molecule has 0 saturated carbocycles. The van der Waals surface area contributed by atoms with Crippen LogP contribution >= 0.6 is 12.2 Å². The standard InChI is InChI=1S/C19H24N2OS/c1-13(2)15-5-9-17(10-6-15)21-19(23)20-14(3)16-7-11-18(22-4)12-8-16/h5-14H,1-4H3,(H2,20,21,23). The number of ether oxygens (including phenoxy) is 1. The molecule has 2 rings (SSSR count). The fourth-order valence-corrected chi connectivity index (χ4v) is 2.59. The van der Waals surface area contributed by atoms with Gasteiger partial charge in [0.2, 0.25) is 0 Å². The number of rotatable bonds is 5. The fraction of sp³-hybridized carbons (Fsp3) is 0.316. The van der Waals surface area contributed by atoms with Crippen LogP contribution in [0.1, 0.15) is 43.9 Å². The molecular formula is C19H24N2OS. The molecule has 122 valence electrons. The molecule has 3 nitrogen and oxygen atoms in total. The molecule has 0 radical (unpaired) electrons. The Hall–Kier alpha value is -2.07. The second-order valence-electron chi connectivity index (χ2n) is 5.87. The molecule has 2 aromatic carbocycles. The Balaban J connectivity index is 1.92. The van der Waals surface area contributed by atoms with E-state index in [0.717, 1.165) is 17.0 Å². The average molecular weight is 328 g/mol. The molecule has 0 heterocycles. The SMILES string of the molecule is COc1ccc(C(C)NC(=S)Nc2ccc(C(C)C)cc2)cc1. The summed E-state index contributed by atoms with van der Waals surface area (Å²) in [5.41, 5.74) is 3.47. The van der Waals surface area contributed by atoms with Crippen LogP contribution < -0.4 is 15.4 Å². The first-order valence-electron chi connectivity index (χ1n) is 7.81. The first kappa shape index (κ1) is 17.3. The Kier molecular flexibility index (Phi) is 5.99. The Morgan fingerprint density at radius 2 is 1.48 bits per heavy atom. The maximum absolute atomic E-state index is 5.40. The van der Waals surface area contributed by atoms with Crippen LogP contribution in [0.2, 0.25) is 0 Å². The molecule has 0 amide bonds. The third kappa shape index (κ3) is 4.96. The summed E-state index contributed by atoms with van der Waals surface area (Å²) in [6.45, 7) is 6.45. The van der Waals surface area contributed by atoms with E-state index in [4.69, 9.17) is 17.0 Å². The highest BCUT2D eigenvalue weighted by atomic mass is 32.1. The molecule has 1 atom stereocenters. The normalized spacial score (nSPS) is 11.9. The predicted molar refractivity (Wildman–Crippen MR) is 101 cm³/mol. The Labute approximate surface area is 144 Å². The third-order valence-electron chi connectivity index (χ3n) is 3.80. The highest BCUT2D eigenvalue weighted by Gasteiger charge is 2.07. The van der Waals surface area contributed by atoms with Gasteiger partial charge in [0.05, 0.1) is 13.2 Å². The molecule has 0 aliphatic rings. The minimum atomic E-state index is 0.121. The monoisotopic (exact) mass is 328 g/mol. The fourth-order valence-electron chi connectivity index (χ4n) is 2.29. The number of methoxy groups -OCH3 is 1. The van der Waals surface area contributed by atoms with Gasteiger partial charge in [0.1, 0.15) is 5.75 Å². The molecule has 0 spiro atoms. The van der Waals surface area contributed by atoms with Gasteiger partial charge in [-0.25, -0.2) is 0 Å². The van der Waals surface area contributed by atoms with Crippen LogP contribution in [-0.2, 0) is 0 Å². The number of anilines is 1. The topological polar surface area (TPSA) is 33.3 Å². The second kappa shape index (κ2) is 7.97. The van der Waals surface area contributed by atoms with Gasteiger partial charge in [-0.2, -0.15) is 0 Å². The number of benzene rings is 2. The van der Waals surface area contributed by atoms with Crippen molar-refractivity contribution in [2.45, 2.75) is 32.7 Å². The van der Waals surface area contributed by atoms with Gasteiger partial charge in [0.25, 0.3) is 0 Å². The molecule has 0 aliphatic heterocycles. The van der Waals surface area contributed by atoms with Gasteiger partial charge in [0.15, 0.2) is 5.11 Å². The van der Waals surface area contributed by atoms with Crippen LogP contribution in [0.5, 0.6) is 5.75 Å².